The molecule has 6 nitrogen and oxygen atoms in total. The molecule has 3 unspecified atom stereocenters. The minimum atomic E-state index is -1.00. The normalized spacial score (nSPS) is 21.2. The Labute approximate surface area is 244 Å². The SMILES string of the molecule is CSCCC(NC(=O)c1ccc(CN2CC(C)CCC2COC2CCCCC2)cc1-c1ccccc1C)C(=O)O. The molecule has 1 amide bonds. The number of aliphatic carboxylic acids is 1. The molecule has 218 valence electrons. The molecule has 2 N–H and O–H groups in total. The number of aryl methyl sites for hydroxylation is 1. The number of likely N-dealkylation sites (tertiary alicyclic amines) is 1. The van der Waals surface area contributed by atoms with E-state index in [0.29, 0.717) is 35.8 Å². The summed E-state index contributed by atoms with van der Waals surface area (Å²) in [4.78, 5) is 27.8. The van der Waals surface area contributed by atoms with Gasteiger partial charge in [-0.25, -0.2) is 4.79 Å². The molecule has 0 bridgehead atoms. The highest BCUT2D eigenvalue weighted by Gasteiger charge is 2.28. The number of piperidine rings is 1. The summed E-state index contributed by atoms with van der Waals surface area (Å²) in [6, 6.07) is 13.6. The third-order valence-corrected chi connectivity index (χ3v) is 9.14. The zero-order valence-electron chi connectivity index (χ0n) is 24.4. The fourth-order valence-electron chi connectivity index (χ4n) is 6.11. The minimum absolute atomic E-state index is 0.344. The molecule has 2 aromatic rings. The van der Waals surface area contributed by atoms with E-state index in [1.165, 1.54) is 38.5 Å². The predicted octanol–water partition coefficient (Wildman–Crippen LogP) is 6.55. The Morgan fingerprint density at radius 3 is 2.58 bits per heavy atom. The lowest BCUT2D eigenvalue weighted by Crippen LogP contribution is -2.45. The second kappa shape index (κ2) is 15.0. The van der Waals surface area contributed by atoms with Crippen LogP contribution in [0.5, 0.6) is 0 Å². The molecule has 2 aliphatic rings. The van der Waals surface area contributed by atoms with Gasteiger partial charge in [0, 0.05) is 24.7 Å². The Morgan fingerprint density at radius 2 is 1.85 bits per heavy atom. The van der Waals surface area contributed by atoms with Crippen molar-refractivity contribution >= 4 is 23.6 Å². The number of thioether (sulfide) groups is 1. The number of carbonyl (C=O) groups is 2. The number of nitrogens with zero attached hydrogens (tertiary/aromatic N) is 1. The van der Waals surface area contributed by atoms with Crippen LogP contribution in [-0.4, -0.2) is 65.2 Å². The van der Waals surface area contributed by atoms with Gasteiger partial charge in [0.2, 0.25) is 0 Å². The van der Waals surface area contributed by atoms with Crippen LogP contribution in [0.3, 0.4) is 0 Å². The van der Waals surface area contributed by atoms with Crippen LogP contribution in [0.25, 0.3) is 11.1 Å². The molecule has 0 aromatic heterocycles. The lowest BCUT2D eigenvalue weighted by molar-refractivity contribution is -0.139. The number of carbonyl (C=O) groups excluding carboxylic acids is 1. The first-order valence-corrected chi connectivity index (χ1v) is 16.3. The van der Waals surface area contributed by atoms with E-state index < -0.39 is 12.0 Å². The van der Waals surface area contributed by atoms with E-state index in [9.17, 15) is 14.7 Å². The van der Waals surface area contributed by atoms with Crippen molar-refractivity contribution < 1.29 is 19.4 Å². The number of hydrogen-bond donors (Lipinski definition) is 2. The lowest BCUT2D eigenvalue weighted by atomic mass is 9.91. The highest BCUT2D eigenvalue weighted by Crippen LogP contribution is 2.31. The van der Waals surface area contributed by atoms with Gasteiger partial charge in [-0.2, -0.15) is 11.8 Å². The van der Waals surface area contributed by atoms with Gasteiger partial charge < -0.3 is 15.2 Å². The van der Waals surface area contributed by atoms with Crippen LogP contribution in [0, 0.1) is 12.8 Å². The monoisotopic (exact) mass is 566 g/mol. The van der Waals surface area contributed by atoms with E-state index in [2.05, 4.69) is 23.2 Å². The number of rotatable bonds is 12. The van der Waals surface area contributed by atoms with Gasteiger partial charge in [0.1, 0.15) is 6.04 Å². The van der Waals surface area contributed by atoms with E-state index in [1.807, 2.05) is 49.6 Å². The molecule has 4 rings (SSSR count). The first-order chi connectivity index (χ1) is 19.4. The number of hydrogen-bond acceptors (Lipinski definition) is 5. The van der Waals surface area contributed by atoms with Crippen LogP contribution in [0.4, 0.5) is 0 Å². The second-order valence-corrected chi connectivity index (χ2v) is 12.7. The van der Waals surface area contributed by atoms with Crippen molar-refractivity contribution in [3.63, 3.8) is 0 Å². The largest absolute Gasteiger partial charge is 0.480 e. The van der Waals surface area contributed by atoms with E-state index in [-0.39, 0.29) is 5.91 Å². The molecule has 0 radical (unpaired) electrons. The number of amides is 1. The Morgan fingerprint density at radius 1 is 1.07 bits per heavy atom. The van der Waals surface area contributed by atoms with Crippen molar-refractivity contribution in [2.24, 2.45) is 5.92 Å². The Balaban J connectivity index is 1.57. The summed E-state index contributed by atoms with van der Waals surface area (Å²) in [6.07, 6.45) is 11.4. The molecule has 1 heterocycles. The van der Waals surface area contributed by atoms with Crippen LogP contribution in [0.15, 0.2) is 42.5 Å². The summed E-state index contributed by atoms with van der Waals surface area (Å²) >= 11 is 1.57. The average molecular weight is 567 g/mol. The van der Waals surface area contributed by atoms with Crippen LogP contribution in [-0.2, 0) is 16.1 Å². The highest BCUT2D eigenvalue weighted by atomic mass is 32.2. The number of nitrogens with one attached hydrogen (secondary N) is 1. The maximum atomic E-state index is 13.5. The van der Waals surface area contributed by atoms with Gasteiger partial charge in [-0.15, -0.1) is 0 Å². The van der Waals surface area contributed by atoms with Gasteiger partial charge in [-0.05, 0) is 91.3 Å². The summed E-state index contributed by atoms with van der Waals surface area (Å²) < 4.78 is 6.43. The molecular weight excluding hydrogens is 520 g/mol. The minimum Gasteiger partial charge on any atom is -0.480 e. The number of carboxylic acids is 1. The first kappa shape index (κ1) is 30.6. The van der Waals surface area contributed by atoms with Crippen LogP contribution < -0.4 is 5.32 Å². The first-order valence-electron chi connectivity index (χ1n) is 14.9. The standard InChI is InChI=1S/C33H46N2O4S/c1-23-13-15-26(22-39-27-10-5-4-6-11-27)35(20-23)21-25-14-16-29(30(19-25)28-12-8-7-9-24(28)2)32(36)34-31(33(37)38)17-18-40-3/h7-9,12,14,16,19,23,26-27,31H,4-6,10-11,13,15,17-18,20-22H2,1-3H3,(H,34,36)(H,37,38). The number of carboxylic acid groups (broad SMARTS) is 1. The van der Waals surface area contributed by atoms with Gasteiger partial charge in [0.25, 0.3) is 5.91 Å². The molecular formula is C33H46N2O4S. The number of ether oxygens (including phenoxy) is 1. The molecule has 7 heteroatoms. The van der Waals surface area contributed by atoms with E-state index in [0.717, 1.165) is 48.4 Å². The summed E-state index contributed by atoms with van der Waals surface area (Å²) in [5, 5.41) is 12.5. The van der Waals surface area contributed by atoms with Crippen molar-refractivity contribution in [2.45, 2.75) is 89.9 Å². The van der Waals surface area contributed by atoms with Crippen LogP contribution in [0.2, 0.25) is 0 Å². The van der Waals surface area contributed by atoms with E-state index >= 15 is 0 Å². The summed E-state index contributed by atoms with van der Waals surface area (Å²) in [5.74, 6) is -0.0392. The van der Waals surface area contributed by atoms with Gasteiger partial charge in [0.05, 0.1) is 12.7 Å². The lowest BCUT2D eigenvalue weighted by Gasteiger charge is -2.39. The fraction of sp³-hybridized carbons (Fsp3) is 0.576. The Hall–Kier alpha value is -2.35. The molecule has 2 fully saturated rings. The molecule has 1 aliphatic heterocycles. The molecule has 2 aromatic carbocycles. The summed E-state index contributed by atoms with van der Waals surface area (Å²) in [6.45, 7) is 7.00. The Kier molecular flexibility index (Phi) is 11.5. The smallest absolute Gasteiger partial charge is 0.326 e. The van der Waals surface area contributed by atoms with Crippen LogP contribution in [0.1, 0.15) is 79.8 Å². The molecule has 1 saturated heterocycles. The average Bonchev–Trinajstić information content (AvgIpc) is 2.95. The fourth-order valence-corrected chi connectivity index (χ4v) is 6.58. The van der Waals surface area contributed by atoms with Gasteiger partial charge >= 0.3 is 5.97 Å². The predicted molar refractivity (Wildman–Crippen MR) is 164 cm³/mol. The Bertz CT molecular complexity index is 1130. The van der Waals surface area contributed by atoms with Crippen molar-refractivity contribution in [3.05, 3.63) is 59.2 Å². The maximum Gasteiger partial charge on any atom is 0.326 e. The quantitative estimate of drug-likeness (QED) is 0.303. The molecule has 40 heavy (non-hydrogen) atoms. The highest BCUT2D eigenvalue weighted by molar-refractivity contribution is 7.98. The van der Waals surface area contributed by atoms with Gasteiger partial charge in [-0.1, -0.05) is 56.5 Å². The topological polar surface area (TPSA) is 78.9 Å². The third-order valence-electron chi connectivity index (χ3n) is 8.50. The molecule has 0 spiro atoms. The van der Waals surface area contributed by atoms with Crippen molar-refractivity contribution in [2.75, 3.05) is 25.2 Å². The molecule has 3 atom stereocenters. The van der Waals surface area contributed by atoms with Gasteiger partial charge in [-0.3, -0.25) is 9.69 Å². The van der Waals surface area contributed by atoms with Crippen molar-refractivity contribution in [1.82, 2.24) is 10.2 Å². The maximum absolute atomic E-state index is 13.5. The summed E-state index contributed by atoms with van der Waals surface area (Å²) in [7, 11) is 0. The van der Waals surface area contributed by atoms with Gasteiger partial charge in [0.15, 0.2) is 0 Å². The second-order valence-electron chi connectivity index (χ2n) is 11.7. The van der Waals surface area contributed by atoms with E-state index in [1.54, 1.807) is 11.8 Å². The third kappa shape index (κ3) is 8.34. The van der Waals surface area contributed by atoms with Crippen molar-refractivity contribution in [3.8, 4) is 11.1 Å². The zero-order valence-corrected chi connectivity index (χ0v) is 25.2. The zero-order chi connectivity index (χ0) is 28.5. The molecule has 1 saturated carbocycles. The van der Waals surface area contributed by atoms with E-state index in [4.69, 9.17) is 4.74 Å². The summed E-state index contributed by atoms with van der Waals surface area (Å²) in [5.41, 5.74) is 4.59. The van der Waals surface area contributed by atoms with Crippen molar-refractivity contribution in [1.29, 1.82) is 0 Å². The molecule has 1 aliphatic carbocycles. The van der Waals surface area contributed by atoms with Crippen LogP contribution >= 0.6 is 11.8 Å². The number of benzene rings is 2.